The standard InChI is InChI=1S/N2O.H3N/c1-2-3;/h;1H3. The Labute approximate surface area is 22.9 Å². The molecule has 0 spiro atoms. The molecule has 0 bridgehead atoms. The normalized spacial score (nSPS) is 2.00. The van der Waals surface area contributed by atoms with E-state index in [-0.39, 0.29) is 6.15 Å². The minimum Gasteiger partial charge on any atom is -0.344 e. The molecule has 0 aliphatic carbocycles. The first-order valence-electron chi connectivity index (χ1n) is 0.383. The number of rotatable bonds is 0. The van der Waals surface area contributed by atoms with E-state index < -0.39 is 0 Å². The van der Waals surface area contributed by atoms with Gasteiger partial charge in [0.1, 0.15) is 4.97 Å². The van der Waals surface area contributed by atoms with Gasteiger partial charge in [-0.15, -0.1) is 0 Å². The van der Waals surface area contributed by atoms with Gasteiger partial charge in [0.15, 0.2) is 4.91 Å². The van der Waals surface area contributed by atoms with Crippen molar-refractivity contribution in [1.29, 1.82) is 0 Å². The molecule has 0 aromatic rings. The van der Waals surface area contributed by atoms with Crippen LogP contribution in [0.4, 0.5) is 0 Å². The summed E-state index contributed by atoms with van der Waals surface area (Å²) < 4.78 is 0. The molecule has 4 heteroatoms. The summed E-state index contributed by atoms with van der Waals surface area (Å²) in [6, 6.07) is 0. The molecule has 4 heavy (non-hydrogen) atoms. The van der Waals surface area contributed by atoms with Crippen molar-refractivity contribution in [2.75, 3.05) is 0 Å². The molecule has 0 aromatic carbocycles. The molecule has 0 atom stereocenters. The predicted octanol–water partition coefficient (Wildman–Crippen LogP) is 0.00360. The van der Waals surface area contributed by atoms with Crippen molar-refractivity contribution in [3.63, 3.8) is 0 Å². The lowest BCUT2D eigenvalue weighted by Crippen LogP contribution is -1.21. The molecule has 0 aromatic heterocycles. The molecule has 0 heterocycles. The summed E-state index contributed by atoms with van der Waals surface area (Å²) in [5.74, 6) is 0. The van der Waals surface area contributed by atoms with E-state index in [1.807, 2.05) is 0 Å². The maximum atomic E-state index is 8.11. The summed E-state index contributed by atoms with van der Waals surface area (Å²) in [5.41, 5.74) is 6.64. The monoisotopic (exact) mass is 61.0 g/mol. The van der Waals surface area contributed by atoms with E-state index in [0.29, 0.717) is 0 Å². The highest BCUT2D eigenvalue weighted by Gasteiger charge is 1.06. The quantitative estimate of drug-likeness (QED) is 0.315. The fourth-order valence-electron chi connectivity index (χ4n) is 0. The molecule has 0 rings (SSSR count). The third kappa shape index (κ3) is 0.174. The lowest BCUT2D eigenvalue weighted by Gasteiger charge is -0.999. The van der Waals surface area contributed by atoms with Gasteiger partial charge in [-0.3, -0.25) is 5.53 Å². The Bertz CT molecular complexity index is 24.3. The molecular formula is H3N3O. The van der Waals surface area contributed by atoms with Crippen LogP contribution in [0.3, 0.4) is 0 Å². The molecule has 3 N–H and O–H groups in total. The van der Waals surface area contributed by atoms with Gasteiger partial charge >= 0.3 is 0 Å². The van der Waals surface area contributed by atoms with Crippen LogP contribution in [0.1, 0.15) is 0 Å². The van der Waals surface area contributed by atoms with Crippen molar-refractivity contribution < 1.29 is 0 Å². The van der Waals surface area contributed by atoms with Gasteiger partial charge < -0.3 is 6.15 Å². The SMILES string of the molecule is N.[N-]=[N+]=O. The van der Waals surface area contributed by atoms with Crippen LogP contribution in [0, 0.1) is 4.91 Å². The second kappa shape index (κ2) is 50.2. The van der Waals surface area contributed by atoms with Crippen LogP contribution < -0.4 is 11.1 Å². The zero-order valence-corrected chi connectivity index (χ0v) is 2.01. The Kier molecular flexibility index (Phi) is 131. The van der Waals surface area contributed by atoms with Gasteiger partial charge in [-0.1, -0.05) is 0 Å². The van der Waals surface area contributed by atoms with Crippen LogP contribution in [0.15, 0.2) is 0 Å². The summed E-state index contributed by atoms with van der Waals surface area (Å²) in [6.45, 7) is 0. The highest BCUT2D eigenvalue weighted by Crippen LogP contribution is 0.905. The topological polar surface area (TPSA) is 88.5 Å². The molecule has 0 amide bonds. The highest BCUT2D eigenvalue weighted by atomic mass is 16.2. The molecule has 0 saturated carbocycles. The molecule has 0 saturated heterocycles. The van der Waals surface area contributed by atoms with Gasteiger partial charge in [0.05, 0.1) is 0 Å². The number of nitrogens with zero attached hydrogens (tertiary/aromatic N) is 2. The minimum atomic E-state index is 0. The average molecular weight is 61.0 g/mol. The molecule has 24 valence electrons. The molecule has 0 aliphatic heterocycles. The van der Waals surface area contributed by atoms with Crippen molar-refractivity contribution in [2.24, 2.45) is 0 Å². The number of hydrogen-bond donors (Lipinski definition) is 1. The van der Waals surface area contributed by atoms with Gasteiger partial charge in [-0.25, -0.2) is 0 Å². The number of hydrogen-bond acceptors (Lipinski definition) is 2. The second-order valence-corrected chi connectivity index (χ2v) is 0.0816. The van der Waals surface area contributed by atoms with Crippen molar-refractivity contribution in [3.05, 3.63) is 10.4 Å². The van der Waals surface area contributed by atoms with Crippen molar-refractivity contribution in [1.82, 2.24) is 11.1 Å². The maximum Gasteiger partial charge on any atom is 0.151 e. The van der Waals surface area contributed by atoms with E-state index in [4.69, 9.17) is 10.4 Å². The van der Waals surface area contributed by atoms with E-state index in [0.717, 1.165) is 0 Å². The van der Waals surface area contributed by atoms with Crippen molar-refractivity contribution in [3.8, 4) is 0 Å². The van der Waals surface area contributed by atoms with Crippen molar-refractivity contribution in [2.45, 2.75) is 0 Å². The van der Waals surface area contributed by atoms with Crippen LogP contribution in [-0.2, 0) is 0 Å². The maximum absolute atomic E-state index is 8.11. The summed E-state index contributed by atoms with van der Waals surface area (Å²) in [7, 11) is 0. The Morgan fingerprint density at radius 2 is 1.75 bits per heavy atom. The molecule has 4 nitrogen and oxygen atoms in total. The summed E-state index contributed by atoms with van der Waals surface area (Å²) in [6.07, 6.45) is 0. The molecule has 0 radical (unpaired) electrons. The van der Waals surface area contributed by atoms with Crippen LogP contribution in [0.5, 0.6) is 0 Å². The first-order chi connectivity index (χ1) is 1.41. The molecule has 0 fully saturated rings. The van der Waals surface area contributed by atoms with Gasteiger partial charge in [-0.05, 0) is 0 Å². The van der Waals surface area contributed by atoms with Crippen LogP contribution in [0.25, 0.3) is 5.53 Å². The Morgan fingerprint density at radius 3 is 1.75 bits per heavy atom. The van der Waals surface area contributed by atoms with Crippen LogP contribution in [-0.4, -0.2) is 0 Å². The number of nitroso groups, excluding NO2 is 1. The van der Waals surface area contributed by atoms with E-state index in [1.54, 1.807) is 0 Å². The van der Waals surface area contributed by atoms with E-state index in [1.165, 1.54) is 4.97 Å². The first-order valence-corrected chi connectivity index (χ1v) is 0.383. The summed E-state index contributed by atoms with van der Waals surface area (Å²) in [4.78, 5) is 9.36. The average Bonchev–Trinajstić information content (AvgIpc) is 0.918. The van der Waals surface area contributed by atoms with Crippen LogP contribution in [0.2, 0.25) is 0 Å². The fourth-order valence-corrected chi connectivity index (χ4v) is 0. The van der Waals surface area contributed by atoms with E-state index in [9.17, 15) is 0 Å². The Balaban J connectivity index is 0. The lowest BCUT2D eigenvalue weighted by molar-refractivity contribution is 1.58. The smallest absolute Gasteiger partial charge is 0.151 e. The lowest BCUT2D eigenvalue weighted by atomic mass is 13.2. The molecule has 0 unspecified atom stereocenters. The molecular weight excluding hydrogens is 58.0 g/mol. The highest BCUT2D eigenvalue weighted by molar-refractivity contribution is 3.92. The third-order valence-corrected chi connectivity index (χ3v) is 0. The van der Waals surface area contributed by atoms with E-state index in [2.05, 4.69) is 0 Å². The molecule has 0 aliphatic rings. The third-order valence-electron chi connectivity index (χ3n) is 0. The summed E-state index contributed by atoms with van der Waals surface area (Å²) >= 11 is 0. The minimum absolute atomic E-state index is 0. The summed E-state index contributed by atoms with van der Waals surface area (Å²) in [5, 5.41) is 0. The zero-order chi connectivity index (χ0) is 2.71. The second-order valence-electron chi connectivity index (χ2n) is 0.0816. The van der Waals surface area contributed by atoms with Gasteiger partial charge in [0, 0.05) is 0 Å². The van der Waals surface area contributed by atoms with Crippen LogP contribution >= 0.6 is 0 Å². The zero-order valence-electron chi connectivity index (χ0n) is 2.01. The van der Waals surface area contributed by atoms with Crippen molar-refractivity contribution >= 4 is 0 Å². The predicted molar refractivity (Wildman–Crippen MR) is 13.9 cm³/mol. The van der Waals surface area contributed by atoms with Gasteiger partial charge in [0.25, 0.3) is 0 Å². The van der Waals surface area contributed by atoms with Gasteiger partial charge in [-0.2, -0.15) is 0 Å². The first kappa shape index (κ1) is 10.4. The largest absolute Gasteiger partial charge is 0.344 e. The Morgan fingerprint density at radius 1 is 1.75 bits per heavy atom. The van der Waals surface area contributed by atoms with Gasteiger partial charge in [0.2, 0.25) is 0 Å². The van der Waals surface area contributed by atoms with E-state index >= 15 is 0 Å². The fraction of sp³-hybridized carbons (Fsp3) is 0. The Hall–Kier alpha value is -0.730.